The van der Waals surface area contributed by atoms with E-state index in [1.165, 1.54) is 0 Å². The summed E-state index contributed by atoms with van der Waals surface area (Å²) in [4.78, 5) is 9.90. The molecule has 1 aromatic carbocycles. The quantitative estimate of drug-likeness (QED) is 0.557. The molecule has 0 aromatic heterocycles. The van der Waals surface area contributed by atoms with E-state index in [4.69, 9.17) is 0 Å². The second kappa shape index (κ2) is 7.71. The van der Waals surface area contributed by atoms with Gasteiger partial charge in [0.1, 0.15) is 5.75 Å². The number of carbonyl (C=O) groups is 1. The van der Waals surface area contributed by atoms with Gasteiger partial charge >= 0.3 is 0 Å². The molecule has 0 saturated carbocycles. The summed E-state index contributed by atoms with van der Waals surface area (Å²) >= 11 is 0. The van der Waals surface area contributed by atoms with Crippen LogP contribution in [0.3, 0.4) is 0 Å². The number of phenolic OH excluding ortho intramolecular Hbond substituents is 1. The number of hydrogen-bond donors (Lipinski definition) is 1. The fourth-order valence-electron chi connectivity index (χ4n) is 1.82. The molecule has 0 aliphatic rings. The summed E-state index contributed by atoms with van der Waals surface area (Å²) in [7, 11) is 0. The number of hydrogen-bond acceptors (Lipinski definition) is 3. The summed E-state index contributed by atoms with van der Waals surface area (Å²) in [6.45, 7) is 2.92. The molecule has 0 atom stereocenters. The van der Waals surface area contributed by atoms with Gasteiger partial charge in [-0.25, -0.2) is 0 Å². The van der Waals surface area contributed by atoms with Crippen LogP contribution in [0, 0.1) is 6.92 Å². The van der Waals surface area contributed by atoms with Gasteiger partial charge in [0.25, 0.3) is 6.47 Å². The van der Waals surface area contributed by atoms with E-state index in [0.717, 1.165) is 43.2 Å². The van der Waals surface area contributed by atoms with Crippen molar-refractivity contribution in [1.82, 2.24) is 0 Å². The highest BCUT2D eigenvalue weighted by Crippen LogP contribution is 2.23. The van der Waals surface area contributed by atoms with Crippen LogP contribution in [-0.4, -0.2) is 18.2 Å². The van der Waals surface area contributed by atoms with Gasteiger partial charge in [-0.05, 0) is 37.3 Å². The summed E-state index contributed by atoms with van der Waals surface area (Å²) in [6, 6.07) is 5.86. The van der Waals surface area contributed by atoms with Gasteiger partial charge in [0.2, 0.25) is 0 Å². The standard InChI is InChI=1S/C14H20O3/c1-12-7-6-9-13(14(12)16)8-4-2-3-5-10-17-11-15/h6-7,9,11,16H,2-5,8,10H2,1H3. The van der Waals surface area contributed by atoms with Crippen molar-refractivity contribution in [2.24, 2.45) is 0 Å². The number of aromatic hydroxyl groups is 1. The van der Waals surface area contributed by atoms with E-state index in [0.29, 0.717) is 18.8 Å². The van der Waals surface area contributed by atoms with Crippen molar-refractivity contribution in [3.8, 4) is 5.75 Å². The van der Waals surface area contributed by atoms with E-state index in [-0.39, 0.29) is 0 Å². The van der Waals surface area contributed by atoms with Gasteiger partial charge in [-0.15, -0.1) is 0 Å². The smallest absolute Gasteiger partial charge is 0.293 e. The zero-order chi connectivity index (χ0) is 12.5. The van der Waals surface area contributed by atoms with Crippen molar-refractivity contribution in [2.45, 2.75) is 39.0 Å². The van der Waals surface area contributed by atoms with Gasteiger partial charge in [0, 0.05) is 0 Å². The van der Waals surface area contributed by atoms with Crippen molar-refractivity contribution in [3.05, 3.63) is 29.3 Å². The van der Waals surface area contributed by atoms with Gasteiger partial charge < -0.3 is 9.84 Å². The maximum absolute atomic E-state index is 9.90. The molecule has 1 rings (SSSR count). The lowest BCUT2D eigenvalue weighted by atomic mass is 10.0. The van der Waals surface area contributed by atoms with Gasteiger partial charge in [-0.1, -0.05) is 31.0 Å². The molecule has 0 spiro atoms. The van der Waals surface area contributed by atoms with Crippen LogP contribution in [0.4, 0.5) is 0 Å². The van der Waals surface area contributed by atoms with Crippen LogP contribution in [0.5, 0.6) is 5.75 Å². The van der Waals surface area contributed by atoms with E-state index in [1.807, 2.05) is 25.1 Å². The summed E-state index contributed by atoms with van der Waals surface area (Å²) in [5.41, 5.74) is 1.95. The molecule has 17 heavy (non-hydrogen) atoms. The molecule has 0 saturated heterocycles. The highest BCUT2D eigenvalue weighted by Gasteiger charge is 2.02. The zero-order valence-electron chi connectivity index (χ0n) is 10.3. The maximum atomic E-state index is 9.90. The molecular formula is C14H20O3. The molecular weight excluding hydrogens is 216 g/mol. The summed E-state index contributed by atoms with van der Waals surface area (Å²) in [6.07, 6.45) is 5.02. The number of phenols is 1. The largest absolute Gasteiger partial charge is 0.507 e. The molecule has 1 aromatic rings. The molecule has 94 valence electrons. The van der Waals surface area contributed by atoms with E-state index in [1.54, 1.807) is 0 Å². The lowest BCUT2D eigenvalue weighted by Crippen LogP contribution is -1.92. The Morgan fingerprint density at radius 3 is 2.76 bits per heavy atom. The number of rotatable bonds is 8. The second-order valence-corrected chi connectivity index (χ2v) is 4.21. The Hall–Kier alpha value is -1.51. The molecule has 3 heteroatoms. The normalized spacial score (nSPS) is 10.2. The highest BCUT2D eigenvalue weighted by atomic mass is 16.5. The fourth-order valence-corrected chi connectivity index (χ4v) is 1.82. The third-order valence-electron chi connectivity index (χ3n) is 2.85. The molecule has 3 nitrogen and oxygen atoms in total. The monoisotopic (exact) mass is 236 g/mol. The van der Waals surface area contributed by atoms with Crippen LogP contribution in [0.1, 0.15) is 36.8 Å². The van der Waals surface area contributed by atoms with E-state index >= 15 is 0 Å². The zero-order valence-corrected chi connectivity index (χ0v) is 10.3. The highest BCUT2D eigenvalue weighted by molar-refractivity contribution is 5.39. The van der Waals surface area contributed by atoms with Crippen LogP contribution in [0.15, 0.2) is 18.2 Å². The van der Waals surface area contributed by atoms with Gasteiger partial charge in [-0.2, -0.15) is 0 Å². The molecule has 0 bridgehead atoms. The predicted octanol–water partition coefficient (Wildman–Crippen LogP) is 2.98. The molecule has 0 radical (unpaired) electrons. The van der Waals surface area contributed by atoms with Crippen LogP contribution >= 0.6 is 0 Å². The van der Waals surface area contributed by atoms with E-state index in [9.17, 15) is 9.90 Å². The Kier molecular flexibility index (Phi) is 6.15. The first-order chi connectivity index (χ1) is 8.25. The Labute approximate surface area is 102 Å². The van der Waals surface area contributed by atoms with Crippen LogP contribution in [0.25, 0.3) is 0 Å². The fraction of sp³-hybridized carbons (Fsp3) is 0.500. The summed E-state index contributed by atoms with van der Waals surface area (Å²) in [5, 5.41) is 9.81. The lowest BCUT2D eigenvalue weighted by molar-refractivity contribution is -0.128. The van der Waals surface area contributed by atoms with Gasteiger partial charge in [0.15, 0.2) is 0 Å². The topological polar surface area (TPSA) is 46.5 Å². The molecule has 0 fully saturated rings. The minimum Gasteiger partial charge on any atom is -0.507 e. The second-order valence-electron chi connectivity index (χ2n) is 4.21. The third-order valence-corrected chi connectivity index (χ3v) is 2.85. The van der Waals surface area contributed by atoms with Crippen LogP contribution in [0.2, 0.25) is 0 Å². The Morgan fingerprint density at radius 2 is 2.00 bits per heavy atom. The lowest BCUT2D eigenvalue weighted by Gasteiger charge is -2.06. The molecule has 0 unspecified atom stereocenters. The van der Waals surface area contributed by atoms with E-state index < -0.39 is 0 Å². The first-order valence-corrected chi connectivity index (χ1v) is 6.08. The average Bonchev–Trinajstić information content (AvgIpc) is 2.33. The minimum atomic E-state index is 0.428. The Balaban J connectivity index is 2.18. The van der Waals surface area contributed by atoms with Gasteiger partial charge in [-0.3, -0.25) is 4.79 Å². The minimum absolute atomic E-state index is 0.428. The first kappa shape index (κ1) is 13.6. The molecule has 0 aliphatic heterocycles. The van der Waals surface area contributed by atoms with Crippen LogP contribution in [-0.2, 0) is 16.0 Å². The molecule has 0 amide bonds. The summed E-state index contributed by atoms with van der Waals surface area (Å²) in [5.74, 6) is 0.428. The predicted molar refractivity (Wildman–Crippen MR) is 67.0 cm³/mol. The third kappa shape index (κ3) is 4.89. The number of aryl methyl sites for hydroxylation is 2. The van der Waals surface area contributed by atoms with Crippen molar-refractivity contribution in [1.29, 1.82) is 0 Å². The van der Waals surface area contributed by atoms with E-state index in [2.05, 4.69) is 4.74 Å². The number of unbranched alkanes of at least 4 members (excludes halogenated alkanes) is 3. The van der Waals surface area contributed by atoms with Crippen molar-refractivity contribution < 1.29 is 14.6 Å². The summed E-state index contributed by atoms with van der Waals surface area (Å²) < 4.78 is 4.61. The molecule has 0 heterocycles. The van der Waals surface area contributed by atoms with Crippen LogP contribution < -0.4 is 0 Å². The number of carbonyl (C=O) groups excluding carboxylic acids is 1. The van der Waals surface area contributed by atoms with Crippen molar-refractivity contribution >= 4 is 6.47 Å². The SMILES string of the molecule is Cc1cccc(CCCCCCOC=O)c1O. The maximum Gasteiger partial charge on any atom is 0.293 e. The molecule has 0 aliphatic carbocycles. The van der Waals surface area contributed by atoms with Crippen molar-refractivity contribution in [3.63, 3.8) is 0 Å². The Morgan fingerprint density at radius 1 is 1.24 bits per heavy atom. The first-order valence-electron chi connectivity index (χ1n) is 6.08. The number of para-hydroxylation sites is 1. The Bertz CT molecular complexity index is 347. The number of benzene rings is 1. The molecule has 1 N–H and O–H groups in total. The average molecular weight is 236 g/mol. The van der Waals surface area contributed by atoms with Gasteiger partial charge in [0.05, 0.1) is 6.61 Å². The number of ether oxygens (including phenoxy) is 1. The van der Waals surface area contributed by atoms with Crippen molar-refractivity contribution in [2.75, 3.05) is 6.61 Å².